The van der Waals surface area contributed by atoms with Crippen molar-refractivity contribution in [2.24, 2.45) is 12.0 Å². The number of ether oxygens (including phenoxy) is 1. The number of nitrogens with one attached hydrogen (secondary N) is 1. The third kappa shape index (κ3) is 6.37. The Hall–Kier alpha value is -3.24. The molecule has 1 aliphatic heterocycles. The molecule has 1 aromatic heterocycles. The minimum absolute atomic E-state index is 0.0626. The lowest BCUT2D eigenvalue weighted by Crippen LogP contribution is -2.55. The van der Waals surface area contributed by atoms with E-state index in [1.807, 2.05) is 11.8 Å². The van der Waals surface area contributed by atoms with Gasteiger partial charge in [-0.2, -0.15) is 18.3 Å². The first-order chi connectivity index (χ1) is 14.7. The summed E-state index contributed by atoms with van der Waals surface area (Å²) in [6, 6.07) is 6.39. The summed E-state index contributed by atoms with van der Waals surface area (Å²) < 4.78 is 43.5. The van der Waals surface area contributed by atoms with E-state index in [4.69, 9.17) is 4.74 Å². The second-order valence-electron chi connectivity index (χ2n) is 7.06. The highest BCUT2D eigenvalue weighted by atomic mass is 19.4. The van der Waals surface area contributed by atoms with Crippen LogP contribution < -0.4 is 15.0 Å². The molecule has 1 fully saturated rings. The molecule has 1 N–H and O–H groups in total. The van der Waals surface area contributed by atoms with Crippen molar-refractivity contribution in [3.63, 3.8) is 0 Å². The van der Waals surface area contributed by atoms with Crippen LogP contribution in [0.4, 0.5) is 18.9 Å². The fraction of sp³-hybridized carbons (Fsp3) is 0.450. The molecule has 11 heteroatoms. The van der Waals surface area contributed by atoms with Gasteiger partial charge in [0.25, 0.3) is 0 Å². The Kier molecular flexibility index (Phi) is 7.03. The molecule has 1 amide bonds. The normalized spacial score (nSPS) is 15.4. The van der Waals surface area contributed by atoms with Crippen molar-refractivity contribution in [3.8, 4) is 5.75 Å². The Bertz CT molecular complexity index is 928. The van der Waals surface area contributed by atoms with Crippen molar-refractivity contribution in [1.29, 1.82) is 0 Å². The maximum atomic E-state index is 12.7. The first-order valence-corrected chi connectivity index (χ1v) is 9.86. The van der Waals surface area contributed by atoms with Crippen LogP contribution in [0.15, 0.2) is 41.7 Å². The van der Waals surface area contributed by atoms with Gasteiger partial charge in [0, 0.05) is 32.9 Å². The number of halogens is 3. The molecule has 2 heterocycles. The van der Waals surface area contributed by atoms with Crippen molar-refractivity contribution in [1.82, 2.24) is 20.0 Å². The molecule has 2 aromatic rings. The Morgan fingerprint density at radius 3 is 2.77 bits per heavy atom. The molecule has 31 heavy (non-hydrogen) atoms. The van der Waals surface area contributed by atoms with Gasteiger partial charge >= 0.3 is 6.18 Å². The minimum atomic E-state index is -4.39. The van der Waals surface area contributed by atoms with Crippen molar-refractivity contribution in [2.75, 3.05) is 37.7 Å². The number of nitrogens with zero attached hydrogens (tertiary/aromatic N) is 5. The lowest BCUT2D eigenvalue weighted by atomic mass is 10.2. The quantitative estimate of drug-likeness (QED) is 0.553. The van der Waals surface area contributed by atoms with E-state index >= 15 is 0 Å². The maximum Gasteiger partial charge on any atom is 0.422 e. The summed E-state index contributed by atoms with van der Waals surface area (Å²) in [5.41, 5.74) is 1.46. The summed E-state index contributed by atoms with van der Waals surface area (Å²) in [6.07, 6.45) is -0.946. The van der Waals surface area contributed by atoms with Gasteiger partial charge in [-0.25, -0.2) is 4.99 Å². The van der Waals surface area contributed by atoms with Gasteiger partial charge < -0.3 is 19.9 Å². The summed E-state index contributed by atoms with van der Waals surface area (Å²) in [7, 11) is 1.79. The number of carbonyl (C=O) groups is 1. The number of hydrogen-bond acceptors (Lipinski definition) is 4. The smallest absolute Gasteiger partial charge is 0.422 e. The van der Waals surface area contributed by atoms with E-state index in [0.717, 1.165) is 5.69 Å². The lowest BCUT2D eigenvalue weighted by Gasteiger charge is -2.35. The first kappa shape index (κ1) is 22.4. The zero-order chi connectivity index (χ0) is 22.4. The third-order valence-electron chi connectivity index (χ3n) is 4.57. The Morgan fingerprint density at radius 1 is 1.32 bits per heavy atom. The molecular weight excluding hydrogens is 413 g/mol. The predicted molar refractivity (Wildman–Crippen MR) is 110 cm³/mol. The van der Waals surface area contributed by atoms with E-state index < -0.39 is 12.8 Å². The molecule has 168 valence electrons. The summed E-state index contributed by atoms with van der Waals surface area (Å²) in [5, 5.41) is 7.28. The van der Waals surface area contributed by atoms with E-state index in [1.54, 1.807) is 41.2 Å². The van der Waals surface area contributed by atoms with Crippen LogP contribution >= 0.6 is 0 Å². The fourth-order valence-corrected chi connectivity index (χ4v) is 3.17. The highest BCUT2D eigenvalue weighted by Gasteiger charge is 2.29. The van der Waals surface area contributed by atoms with Crippen LogP contribution in [0.25, 0.3) is 0 Å². The van der Waals surface area contributed by atoms with Gasteiger partial charge in [0.05, 0.1) is 18.4 Å². The van der Waals surface area contributed by atoms with Gasteiger partial charge in [0.2, 0.25) is 5.91 Å². The predicted octanol–water partition coefficient (Wildman–Crippen LogP) is 2.18. The summed E-state index contributed by atoms with van der Waals surface area (Å²) >= 11 is 0. The Labute approximate surface area is 178 Å². The number of benzene rings is 1. The maximum absolute atomic E-state index is 12.7. The average Bonchev–Trinajstić information content (AvgIpc) is 3.15. The van der Waals surface area contributed by atoms with Crippen LogP contribution in [-0.4, -0.2) is 65.5 Å². The third-order valence-corrected chi connectivity index (χ3v) is 4.57. The molecule has 1 aliphatic rings. The molecule has 0 bridgehead atoms. The van der Waals surface area contributed by atoms with E-state index in [1.165, 1.54) is 12.1 Å². The number of aryl methyl sites for hydroxylation is 1. The van der Waals surface area contributed by atoms with Crippen LogP contribution in [0.5, 0.6) is 5.75 Å². The monoisotopic (exact) mass is 438 g/mol. The number of hydrogen-bond donors (Lipinski definition) is 1. The molecule has 0 saturated carbocycles. The largest absolute Gasteiger partial charge is 0.484 e. The van der Waals surface area contributed by atoms with E-state index in [0.29, 0.717) is 31.2 Å². The van der Waals surface area contributed by atoms with E-state index in [2.05, 4.69) is 15.4 Å². The second-order valence-corrected chi connectivity index (χ2v) is 7.06. The molecule has 0 aliphatic carbocycles. The van der Waals surface area contributed by atoms with Crippen LogP contribution in [-0.2, 0) is 18.4 Å². The highest BCUT2D eigenvalue weighted by Crippen LogP contribution is 2.20. The molecule has 0 atom stereocenters. The standard InChI is InChI=1S/C20H25F3N6O2/c1-3-24-19(25-10-15-5-4-6-17(9-15)31-14-20(21,22)23)28-7-8-29(18(30)13-28)16-11-26-27(2)12-16/h4-6,9,11-12H,3,7-8,10,13-14H2,1-2H3,(H,24,25). The topological polar surface area (TPSA) is 75.0 Å². The number of guanidine groups is 1. The molecule has 0 radical (unpaired) electrons. The van der Waals surface area contributed by atoms with Crippen LogP contribution in [0, 0.1) is 0 Å². The fourth-order valence-electron chi connectivity index (χ4n) is 3.17. The SMILES string of the molecule is CCNC(=NCc1cccc(OCC(F)(F)F)c1)N1CCN(c2cnn(C)c2)C(=O)C1. The van der Waals surface area contributed by atoms with Crippen LogP contribution in [0.3, 0.4) is 0 Å². The Morgan fingerprint density at radius 2 is 2.13 bits per heavy atom. The number of carbonyl (C=O) groups excluding carboxylic acids is 1. The molecule has 0 unspecified atom stereocenters. The van der Waals surface area contributed by atoms with Crippen molar-refractivity contribution in [2.45, 2.75) is 19.6 Å². The van der Waals surface area contributed by atoms with Crippen molar-refractivity contribution < 1.29 is 22.7 Å². The van der Waals surface area contributed by atoms with Crippen molar-refractivity contribution >= 4 is 17.6 Å². The summed E-state index contributed by atoms with van der Waals surface area (Å²) in [4.78, 5) is 20.8. The van der Waals surface area contributed by atoms with Gasteiger partial charge in [0.1, 0.15) is 12.3 Å². The molecule has 3 rings (SSSR count). The zero-order valence-corrected chi connectivity index (χ0v) is 17.4. The minimum Gasteiger partial charge on any atom is -0.484 e. The molecule has 1 aromatic carbocycles. The zero-order valence-electron chi connectivity index (χ0n) is 17.4. The van der Waals surface area contributed by atoms with Gasteiger partial charge in [-0.15, -0.1) is 0 Å². The highest BCUT2D eigenvalue weighted by molar-refractivity contribution is 5.98. The first-order valence-electron chi connectivity index (χ1n) is 9.86. The van der Waals surface area contributed by atoms with Gasteiger partial charge in [-0.3, -0.25) is 9.48 Å². The number of rotatable bonds is 6. The summed E-state index contributed by atoms with van der Waals surface area (Å²) in [6.45, 7) is 2.68. The van der Waals surface area contributed by atoms with Crippen LogP contribution in [0.2, 0.25) is 0 Å². The van der Waals surface area contributed by atoms with Gasteiger partial charge in [-0.05, 0) is 24.6 Å². The van der Waals surface area contributed by atoms with E-state index in [-0.39, 0.29) is 24.7 Å². The number of anilines is 1. The second kappa shape index (κ2) is 9.71. The van der Waals surface area contributed by atoms with E-state index in [9.17, 15) is 18.0 Å². The lowest BCUT2D eigenvalue weighted by molar-refractivity contribution is -0.153. The summed E-state index contributed by atoms with van der Waals surface area (Å²) in [5.74, 6) is 0.644. The van der Waals surface area contributed by atoms with Gasteiger partial charge in [-0.1, -0.05) is 12.1 Å². The number of aromatic nitrogens is 2. The van der Waals surface area contributed by atoms with Crippen molar-refractivity contribution in [3.05, 3.63) is 42.2 Å². The number of alkyl halides is 3. The number of aliphatic imine (C=N–C) groups is 1. The van der Waals surface area contributed by atoms with Gasteiger partial charge in [0.15, 0.2) is 12.6 Å². The number of piperazine rings is 1. The average molecular weight is 438 g/mol. The Balaban J connectivity index is 1.65. The molecule has 0 spiro atoms. The molecule has 1 saturated heterocycles. The number of amides is 1. The molecule has 8 nitrogen and oxygen atoms in total. The van der Waals surface area contributed by atoms with Crippen LogP contribution in [0.1, 0.15) is 12.5 Å². The molecular formula is C20H25F3N6O2.